The minimum absolute atomic E-state index is 0.791. The van der Waals surface area contributed by atoms with Crippen LogP contribution in [0.1, 0.15) is 132 Å². The largest absolute Gasteiger partial charge is 0.246 e. The van der Waals surface area contributed by atoms with E-state index >= 15 is 0 Å². The highest BCUT2D eigenvalue weighted by Gasteiger charge is 1.97. The van der Waals surface area contributed by atoms with Gasteiger partial charge in [0.1, 0.15) is 11.4 Å². The summed E-state index contributed by atoms with van der Waals surface area (Å²) in [5, 5.41) is 0. The molecule has 4 aromatic carbocycles. The molecule has 0 saturated heterocycles. The smallest absolute Gasteiger partial charge is 0.113 e. The molecule has 6 aromatic rings. The topological polar surface area (TPSA) is 25.8 Å². The fraction of sp³-hybridized carbons (Fsp3) is 0.176. The molecule has 0 unspecified atom stereocenters. The number of aromatic nitrogens is 2. The minimum Gasteiger partial charge on any atom is -0.246 e. The predicted octanol–water partition coefficient (Wildman–Crippen LogP) is 13.6. The van der Waals surface area contributed by atoms with Crippen molar-refractivity contribution in [2.24, 2.45) is 0 Å². The second kappa shape index (κ2) is 38.6. The summed E-state index contributed by atoms with van der Waals surface area (Å²) in [5.41, 5.74) is 12.4. The molecule has 0 bridgehead atoms. The Labute approximate surface area is 422 Å². The van der Waals surface area contributed by atoms with Gasteiger partial charge in [0.25, 0.3) is 0 Å². The van der Waals surface area contributed by atoms with Crippen LogP contribution in [0.25, 0.3) is 11.1 Å². The Morgan fingerprint density at radius 1 is 0.243 bits per heavy atom. The second-order valence-electron chi connectivity index (χ2n) is 13.6. The lowest BCUT2D eigenvalue weighted by molar-refractivity contribution is 1.27. The minimum atomic E-state index is 0.791. The van der Waals surface area contributed by atoms with Crippen LogP contribution in [0, 0.1) is 137 Å². The van der Waals surface area contributed by atoms with E-state index in [1.165, 1.54) is 16.7 Å². The van der Waals surface area contributed by atoms with Crippen molar-refractivity contribution in [3.8, 4) is 141 Å². The van der Waals surface area contributed by atoms with Crippen molar-refractivity contribution in [3.63, 3.8) is 0 Å². The predicted molar refractivity (Wildman–Crippen MR) is 298 cm³/mol. The van der Waals surface area contributed by atoms with Crippen molar-refractivity contribution in [1.29, 1.82) is 0 Å². The first-order valence-electron chi connectivity index (χ1n) is 22.1. The summed E-state index contributed by atoms with van der Waals surface area (Å²) in [4.78, 5) is 8.22. The van der Waals surface area contributed by atoms with E-state index in [0.29, 0.717) is 0 Å². The highest BCUT2D eigenvalue weighted by atomic mass is 14.7. The number of rotatable bonds is 1. The number of benzene rings is 4. The molecule has 0 saturated carbocycles. The Hall–Kier alpha value is -9.66. The molecule has 0 amide bonds. The average Bonchev–Trinajstić information content (AvgIpc) is 3.38. The van der Waals surface area contributed by atoms with Gasteiger partial charge in [-0.25, -0.2) is 9.97 Å². The zero-order valence-electron chi connectivity index (χ0n) is 42.6. The fourth-order valence-corrected chi connectivity index (χ4v) is 5.24. The maximum Gasteiger partial charge on any atom is 0.113 e. The third-order valence-electron chi connectivity index (χ3n) is 8.27. The molecule has 0 radical (unpaired) electrons. The first kappa shape index (κ1) is 58.4. The van der Waals surface area contributed by atoms with Crippen LogP contribution < -0.4 is 0 Å². The van der Waals surface area contributed by atoms with E-state index in [0.717, 1.165) is 50.3 Å². The van der Waals surface area contributed by atoms with E-state index < -0.39 is 0 Å². The molecule has 0 aliphatic heterocycles. The lowest BCUT2D eigenvalue weighted by Crippen LogP contribution is -1.82. The van der Waals surface area contributed by atoms with Gasteiger partial charge in [-0.2, -0.15) is 0 Å². The Bertz CT molecular complexity index is 2870. The van der Waals surface area contributed by atoms with Gasteiger partial charge >= 0.3 is 0 Å². The molecular formula is C68H58N2. The van der Waals surface area contributed by atoms with Crippen molar-refractivity contribution in [3.05, 3.63) is 190 Å². The molecule has 2 heteroatoms. The SMILES string of the molecule is CC#CC#CC.CC#Cc1ccc(-c2ccc(C#CC)cc2)cc1.CC#Cc1ccc(C#CC)cc1.CC#Cc1ccc(C#CC)nc1.CC#Cc1ccc(C#CC)nc1.CC#Cc1ccc(C)cc1. The number of nitrogens with zero attached hydrogens (tertiary/aromatic N) is 2. The van der Waals surface area contributed by atoms with Gasteiger partial charge in [-0.1, -0.05) is 107 Å². The highest BCUT2D eigenvalue weighted by molar-refractivity contribution is 5.65. The number of aryl methyl sites for hydroxylation is 1. The molecule has 2 nitrogen and oxygen atoms in total. The van der Waals surface area contributed by atoms with Crippen molar-refractivity contribution in [1.82, 2.24) is 9.97 Å². The van der Waals surface area contributed by atoms with Gasteiger partial charge < -0.3 is 0 Å². The Morgan fingerprint density at radius 3 is 0.700 bits per heavy atom. The summed E-state index contributed by atoms with van der Waals surface area (Å²) in [6, 6.07) is 40.3. The number of pyridine rings is 2. The van der Waals surface area contributed by atoms with Gasteiger partial charge in [-0.3, -0.25) is 0 Å². The molecule has 0 spiro atoms. The van der Waals surface area contributed by atoms with Crippen LogP contribution in [0.15, 0.2) is 134 Å². The molecule has 0 atom stereocenters. The van der Waals surface area contributed by atoms with Gasteiger partial charge in [0.15, 0.2) is 0 Å². The zero-order chi connectivity index (χ0) is 51.5. The van der Waals surface area contributed by atoms with Crippen LogP contribution in [0.3, 0.4) is 0 Å². The lowest BCUT2D eigenvalue weighted by atomic mass is 10.0. The summed E-state index contributed by atoms with van der Waals surface area (Å²) in [6.45, 7) is 22.0. The number of hydrogen-bond donors (Lipinski definition) is 0. The van der Waals surface area contributed by atoms with Crippen LogP contribution >= 0.6 is 0 Å². The molecule has 2 heterocycles. The van der Waals surface area contributed by atoms with E-state index in [9.17, 15) is 0 Å². The third-order valence-corrected chi connectivity index (χ3v) is 8.27. The van der Waals surface area contributed by atoms with Crippen molar-refractivity contribution < 1.29 is 0 Å². The van der Waals surface area contributed by atoms with Gasteiger partial charge in [-0.15, -0.1) is 41.4 Å². The molecule has 0 N–H and O–H groups in total. The molecule has 0 aliphatic carbocycles. The summed E-state index contributed by atoms with van der Waals surface area (Å²) in [6.07, 6.45) is 3.46. The summed E-state index contributed by atoms with van der Waals surface area (Å²) in [7, 11) is 0. The van der Waals surface area contributed by atoms with Crippen LogP contribution in [0.4, 0.5) is 0 Å². The number of hydrogen-bond acceptors (Lipinski definition) is 2. The van der Waals surface area contributed by atoms with E-state index in [4.69, 9.17) is 0 Å². The summed E-state index contributed by atoms with van der Waals surface area (Å²) in [5.74, 6) is 62.6. The molecule has 6 rings (SSSR count). The molecule has 0 aliphatic rings. The molecule has 340 valence electrons. The van der Waals surface area contributed by atoms with E-state index in [2.05, 4.69) is 184 Å². The third kappa shape index (κ3) is 27.0. The first-order valence-corrected chi connectivity index (χ1v) is 22.1. The monoisotopic (exact) mass is 902 g/mol. The van der Waals surface area contributed by atoms with Gasteiger partial charge in [0, 0.05) is 51.3 Å². The maximum atomic E-state index is 4.11. The maximum absolute atomic E-state index is 4.11. The normalized spacial score (nSPS) is 7.60. The lowest BCUT2D eigenvalue weighted by Gasteiger charge is -2.02. The van der Waals surface area contributed by atoms with E-state index in [1.54, 1.807) is 53.9 Å². The highest BCUT2D eigenvalue weighted by Crippen LogP contribution is 2.20. The fourth-order valence-electron chi connectivity index (χ4n) is 5.24. The van der Waals surface area contributed by atoms with Gasteiger partial charge in [0.2, 0.25) is 0 Å². The molecule has 70 heavy (non-hydrogen) atoms. The standard InChI is InChI=1S/C18H14.C12H10.2C11H9N.C10H10.C6H6/c1-3-5-15-7-11-17(12-8-15)18-13-9-16(6-4-2)10-14-18;1-3-5-11-7-9-12(6-4-2)10-8-11;2*1-3-5-10-7-8-11(6-4-2)12-9-10;1-3-4-10-7-5-9(2)6-8-10;1-3-5-6-4-2/h7-14H,1-2H3;7-10H,1-2H3;2*7-9H,1-2H3;5-8H,1-2H3;1-2H3. The zero-order valence-corrected chi connectivity index (χ0v) is 42.6. The second-order valence-corrected chi connectivity index (χ2v) is 13.6. The van der Waals surface area contributed by atoms with Gasteiger partial charge in [-0.05, 0) is 203 Å². The summed E-state index contributed by atoms with van der Waals surface area (Å²) < 4.78 is 0. The average molecular weight is 903 g/mol. The van der Waals surface area contributed by atoms with Crippen molar-refractivity contribution >= 4 is 0 Å². The first-order chi connectivity index (χ1) is 34.2. The van der Waals surface area contributed by atoms with E-state index in [1.807, 2.05) is 120 Å². The Morgan fingerprint density at radius 2 is 0.471 bits per heavy atom. The molecule has 2 aromatic heterocycles. The molecule has 0 fully saturated rings. The van der Waals surface area contributed by atoms with Crippen LogP contribution in [0.2, 0.25) is 0 Å². The Kier molecular flexibility index (Phi) is 32.2. The van der Waals surface area contributed by atoms with Crippen LogP contribution in [-0.4, -0.2) is 9.97 Å². The summed E-state index contributed by atoms with van der Waals surface area (Å²) >= 11 is 0. The van der Waals surface area contributed by atoms with Crippen molar-refractivity contribution in [2.75, 3.05) is 0 Å². The van der Waals surface area contributed by atoms with Crippen LogP contribution in [-0.2, 0) is 0 Å². The van der Waals surface area contributed by atoms with Crippen LogP contribution in [0.5, 0.6) is 0 Å². The van der Waals surface area contributed by atoms with Gasteiger partial charge in [0.05, 0.1) is 0 Å². The Balaban J connectivity index is 0.000000431. The molecular weight excluding hydrogens is 845 g/mol. The quantitative estimate of drug-likeness (QED) is 0.154. The van der Waals surface area contributed by atoms with Crippen molar-refractivity contribution in [2.45, 2.75) is 83.1 Å². The van der Waals surface area contributed by atoms with E-state index in [-0.39, 0.29) is 0 Å².